The van der Waals surface area contributed by atoms with Gasteiger partial charge in [-0.3, -0.25) is 19.6 Å². The predicted octanol–water partition coefficient (Wildman–Crippen LogP) is 3.02. The average Bonchev–Trinajstić information content (AvgIpc) is 2.94. The van der Waals surface area contributed by atoms with Crippen LogP contribution in [0.15, 0.2) is 66.7 Å². The number of nitrogens with two attached hydrogens (primary N) is 1. The lowest BCUT2D eigenvalue weighted by molar-refractivity contribution is -0.144. The van der Waals surface area contributed by atoms with E-state index in [0.717, 1.165) is 0 Å². The molecule has 0 aromatic heterocycles. The molecular weight excluding hydrogens is 580 g/mol. The summed E-state index contributed by atoms with van der Waals surface area (Å²) in [5.74, 6) is -3.38. The van der Waals surface area contributed by atoms with Crippen LogP contribution in [0.2, 0.25) is 0 Å². The Morgan fingerprint density at radius 1 is 0.884 bits per heavy atom. The van der Waals surface area contributed by atoms with E-state index in [4.69, 9.17) is 20.4 Å². The summed E-state index contributed by atoms with van der Waals surface area (Å²) in [5, 5.41) is 22.7. The van der Waals surface area contributed by atoms with Crippen molar-refractivity contribution >= 4 is 45.4 Å². The molecule has 0 radical (unpaired) electrons. The first-order chi connectivity index (χ1) is 20.0. The molecule has 0 saturated heterocycles. The summed E-state index contributed by atoms with van der Waals surface area (Å²) in [6, 6.07) is 16.1. The Morgan fingerprint density at radius 3 is 1.93 bits per heavy atom. The molecule has 3 rings (SSSR count). The molecule has 0 fully saturated rings. The molecule has 3 aromatic rings. The first kappa shape index (κ1) is 34.1. The smallest absolute Gasteiger partial charge is 0.336 e. The molecule has 43 heavy (non-hydrogen) atoms. The quantitative estimate of drug-likeness (QED) is 0.0896. The van der Waals surface area contributed by atoms with Gasteiger partial charge in [0.15, 0.2) is 0 Å². The van der Waals surface area contributed by atoms with Crippen molar-refractivity contribution in [2.24, 2.45) is 11.7 Å². The predicted molar refractivity (Wildman–Crippen MR) is 160 cm³/mol. The molecule has 13 nitrogen and oxygen atoms in total. The Kier molecular flexibility index (Phi) is 11.7. The van der Waals surface area contributed by atoms with Crippen LogP contribution in [0.4, 0.5) is 5.69 Å². The third kappa shape index (κ3) is 10.1. The number of benzene rings is 3. The molecule has 0 spiro atoms. The zero-order valence-electron chi connectivity index (χ0n) is 23.7. The van der Waals surface area contributed by atoms with Crippen LogP contribution in [0.3, 0.4) is 0 Å². The van der Waals surface area contributed by atoms with Gasteiger partial charge in [-0.15, -0.1) is 0 Å². The number of amides is 2. The Morgan fingerprint density at radius 2 is 1.42 bits per heavy atom. The van der Waals surface area contributed by atoms with Crippen LogP contribution >= 0.6 is 0 Å². The van der Waals surface area contributed by atoms with Gasteiger partial charge in [-0.2, -0.15) is 8.42 Å². The van der Waals surface area contributed by atoms with Gasteiger partial charge in [0, 0.05) is 22.4 Å². The summed E-state index contributed by atoms with van der Waals surface area (Å²) in [7, 11) is -2.45. The van der Waals surface area contributed by atoms with E-state index in [1.165, 1.54) is 25.3 Å². The molecule has 2 amide bonds. The van der Waals surface area contributed by atoms with Crippen molar-refractivity contribution in [3.63, 3.8) is 0 Å². The third-order valence-electron chi connectivity index (χ3n) is 5.84. The molecular formula is C29H32N4O9S. The average molecular weight is 613 g/mol. The number of anilines is 1. The number of aromatic carboxylic acids is 1. The van der Waals surface area contributed by atoms with Crippen LogP contribution < -0.4 is 16.4 Å². The molecule has 0 bridgehead atoms. The molecule has 0 heterocycles. The number of nitrogens with one attached hydrogen (secondary N) is 3. The first-order valence-electron chi connectivity index (χ1n) is 12.6. The minimum absolute atomic E-state index is 0.0354. The highest BCUT2D eigenvalue weighted by Gasteiger charge is 2.26. The van der Waals surface area contributed by atoms with Crippen molar-refractivity contribution in [1.82, 2.24) is 5.32 Å². The van der Waals surface area contributed by atoms with E-state index >= 15 is 0 Å². The van der Waals surface area contributed by atoms with Crippen molar-refractivity contribution in [3.05, 3.63) is 89.0 Å². The highest BCUT2D eigenvalue weighted by Crippen LogP contribution is 2.29. The van der Waals surface area contributed by atoms with E-state index in [-0.39, 0.29) is 34.0 Å². The molecule has 0 aliphatic rings. The standard InChI is InChI=1S/C28H28N4O6.CH4O3S/c1-15(2)23(28(37)38-3)32-25(33)17-10-13-20(22(14-17)27(35)36)19-6-4-5-7-21(19)26(34)31-18-11-8-16(9-12-18)24(29)30;1-5(2,3)4/h4-15,23H,1-3H3,(H3,29,30)(H,31,34)(H,32,33)(H,35,36);1H3,(H,2,3,4)/t23-;/m1./s1. The SMILES string of the molecule is COC(=O)[C@H](NC(=O)c1ccc(-c2ccccc2C(=O)Nc2ccc(C(=N)N)cc2)c(C(=O)O)c1)C(C)C.CS(=O)(=O)O. The second kappa shape index (κ2) is 14.7. The van der Waals surface area contributed by atoms with Crippen molar-refractivity contribution < 1.29 is 42.0 Å². The van der Waals surface area contributed by atoms with Gasteiger partial charge < -0.3 is 26.2 Å². The second-order valence-electron chi connectivity index (χ2n) is 9.51. The van der Waals surface area contributed by atoms with Gasteiger partial charge in [0.25, 0.3) is 21.9 Å². The van der Waals surface area contributed by atoms with E-state index in [1.54, 1.807) is 62.4 Å². The van der Waals surface area contributed by atoms with Gasteiger partial charge in [-0.25, -0.2) is 9.59 Å². The Hall–Kier alpha value is -5.08. The van der Waals surface area contributed by atoms with E-state index in [9.17, 15) is 32.7 Å². The molecule has 0 unspecified atom stereocenters. The Bertz CT molecular complexity index is 1630. The van der Waals surface area contributed by atoms with E-state index in [0.29, 0.717) is 23.1 Å². The number of amidine groups is 1. The molecule has 1 atom stereocenters. The number of hydrogen-bond donors (Lipinski definition) is 6. The Labute approximate surface area is 248 Å². The number of nitrogen functional groups attached to an aromatic ring is 1. The largest absolute Gasteiger partial charge is 0.478 e. The minimum Gasteiger partial charge on any atom is -0.478 e. The summed E-state index contributed by atoms with van der Waals surface area (Å²) in [6.07, 6.45) is 0.715. The van der Waals surface area contributed by atoms with Gasteiger partial charge in [-0.05, 0) is 59.5 Å². The Balaban J connectivity index is 0.00000119. The number of hydrogen-bond acceptors (Lipinski definition) is 8. The van der Waals surface area contributed by atoms with Gasteiger partial charge in [0.05, 0.1) is 18.9 Å². The fraction of sp³-hybridized carbons (Fsp3) is 0.207. The molecule has 228 valence electrons. The summed E-state index contributed by atoms with van der Waals surface area (Å²) in [4.78, 5) is 50.2. The minimum atomic E-state index is -3.67. The maximum atomic E-state index is 13.1. The molecule has 3 aromatic carbocycles. The van der Waals surface area contributed by atoms with Gasteiger partial charge >= 0.3 is 11.9 Å². The molecule has 14 heteroatoms. The number of carbonyl (C=O) groups is 4. The second-order valence-corrected chi connectivity index (χ2v) is 11.0. The number of carbonyl (C=O) groups excluding carboxylic acids is 3. The van der Waals surface area contributed by atoms with Crippen LogP contribution in [0.5, 0.6) is 0 Å². The zero-order valence-corrected chi connectivity index (χ0v) is 24.6. The highest BCUT2D eigenvalue weighted by molar-refractivity contribution is 7.85. The van der Waals surface area contributed by atoms with Crippen molar-refractivity contribution in [3.8, 4) is 11.1 Å². The summed E-state index contributed by atoms with van der Waals surface area (Å²) < 4.78 is 30.6. The van der Waals surface area contributed by atoms with Gasteiger partial charge in [0.1, 0.15) is 11.9 Å². The zero-order chi connectivity index (χ0) is 32.5. The number of rotatable bonds is 9. The van der Waals surface area contributed by atoms with Gasteiger partial charge in [0.2, 0.25) is 0 Å². The number of ether oxygens (including phenoxy) is 1. The summed E-state index contributed by atoms with van der Waals surface area (Å²) in [5.41, 5.74) is 7.08. The number of carboxylic acids is 1. The fourth-order valence-electron chi connectivity index (χ4n) is 3.79. The van der Waals surface area contributed by atoms with Crippen LogP contribution in [-0.2, 0) is 19.6 Å². The maximum Gasteiger partial charge on any atom is 0.336 e. The van der Waals surface area contributed by atoms with Crippen LogP contribution in [0, 0.1) is 11.3 Å². The van der Waals surface area contributed by atoms with E-state index in [2.05, 4.69) is 10.6 Å². The first-order valence-corrected chi connectivity index (χ1v) is 14.4. The number of carboxylic acid groups (broad SMARTS) is 1. The fourth-order valence-corrected chi connectivity index (χ4v) is 3.79. The number of esters is 1. The van der Waals surface area contributed by atoms with E-state index < -0.39 is 39.9 Å². The highest BCUT2D eigenvalue weighted by atomic mass is 32.2. The van der Waals surface area contributed by atoms with Crippen molar-refractivity contribution in [2.45, 2.75) is 19.9 Å². The summed E-state index contributed by atoms with van der Waals surface area (Å²) in [6.45, 7) is 3.49. The lowest BCUT2D eigenvalue weighted by Crippen LogP contribution is -2.45. The topological polar surface area (TPSA) is 226 Å². The number of methoxy groups -OCH3 is 1. The lowest BCUT2D eigenvalue weighted by atomic mass is 9.93. The van der Waals surface area contributed by atoms with Crippen molar-refractivity contribution in [2.75, 3.05) is 18.7 Å². The third-order valence-corrected chi connectivity index (χ3v) is 5.84. The molecule has 0 saturated carbocycles. The van der Waals surface area contributed by atoms with Crippen molar-refractivity contribution in [1.29, 1.82) is 5.41 Å². The van der Waals surface area contributed by atoms with Crippen LogP contribution in [-0.4, -0.2) is 67.1 Å². The molecule has 0 aliphatic heterocycles. The monoisotopic (exact) mass is 612 g/mol. The normalized spacial score (nSPS) is 11.4. The molecule has 0 aliphatic carbocycles. The molecule has 7 N–H and O–H groups in total. The summed E-state index contributed by atoms with van der Waals surface area (Å²) >= 11 is 0. The maximum absolute atomic E-state index is 13.1. The lowest BCUT2D eigenvalue weighted by Gasteiger charge is -2.20. The van der Waals surface area contributed by atoms with E-state index in [1.807, 2.05) is 0 Å². The van der Waals surface area contributed by atoms with Crippen LogP contribution in [0.25, 0.3) is 11.1 Å². The van der Waals surface area contributed by atoms with Gasteiger partial charge in [-0.1, -0.05) is 38.1 Å². The van der Waals surface area contributed by atoms with Crippen LogP contribution in [0.1, 0.15) is 50.5 Å².